The summed E-state index contributed by atoms with van der Waals surface area (Å²) >= 11 is 0. The van der Waals surface area contributed by atoms with Crippen molar-refractivity contribution in [2.75, 3.05) is 11.4 Å². The number of hydrogen-bond donors (Lipinski definition) is 2. The number of amides is 2. The molecule has 0 bridgehead atoms. The van der Waals surface area contributed by atoms with E-state index in [1.807, 2.05) is 31.2 Å². The molecule has 1 fully saturated rings. The fourth-order valence-electron chi connectivity index (χ4n) is 3.06. The summed E-state index contributed by atoms with van der Waals surface area (Å²) in [7, 11) is 0. The molecule has 1 aromatic rings. The molecule has 5 nitrogen and oxygen atoms in total. The minimum atomic E-state index is -0.397. The highest BCUT2D eigenvalue weighted by Crippen LogP contribution is 2.27. The summed E-state index contributed by atoms with van der Waals surface area (Å²) in [6.45, 7) is 2.31. The van der Waals surface area contributed by atoms with Crippen molar-refractivity contribution in [2.45, 2.75) is 45.1 Å². The van der Waals surface area contributed by atoms with Crippen LogP contribution in [-0.4, -0.2) is 24.4 Å². The number of carbonyl (C=O) groups is 2. The van der Waals surface area contributed by atoms with Crippen LogP contribution < -0.4 is 16.4 Å². The Morgan fingerprint density at radius 3 is 2.73 bits per heavy atom. The van der Waals surface area contributed by atoms with Gasteiger partial charge in [-0.2, -0.15) is 0 Å². The first kappa shape index (κ1) is 16.5. The lowest BCUT2D eigenvalue weighted by Crippen LogP contribution is -2.42. The third-order valence-electron chi connectivity index (χ3n) is 4.23. The molecule has 0 radical (unpaired) electrons. The summed E-state index contributed by atoms with van der Waals surface area (Å²) in [5.74, 6) is -0.398. The Bertz CT molecular complexity index is 544. The van der Waals surface area contributed by atoms with Crippen molar-refractivity contribution in [3.63, 3.8) is 0 Å². The topological polar surface area (TPSA) is 89.4 Å². The monoisotopic (exact) mass is 303 g/mol. The van der Waals surface area contributed by atoms with Crippen LogP contribution in [0.1, 0.15) is 37.7 Å². The molecule has 0 heterocycles. The molecular formula is C17H25N3O2. The fourth-order valence-corrected chi connectivity index (χ4v) is 3.06. The van der Waals surface area contributed by atoms with E-state index in [2.05, 4.69) is 0 Å². The smallest absolute Gasteiger partial charge is 0.230 e. The minimum absolute atomic E-state index is 0.0574. The van der Waals surface area contributed by atoms with Gasteiger partial charge in [0.25, 0.3) is 0 Å². The molecule has 0 spiro atoms. The Labute approximate surface area is 131 Å². The van der Waals surface area contributed by atoms with Gasteiger partial charge in [-0.25, -0.2) is 0 Å². The predicted molar refractivity (Wildman–Crippen MR) is 87.3 cm³/mol. The molecule has 2 amide bonds. The summed E-state index contributed by atoms with van der Waals surface area (Å²) < 4.78 is 0. The quantitative estimate of drug-likeness (QED) is 0.868. The number of hydrogen-bond acceptors (Lipinski definition) is 3. The second-order valence-corrected chi connectivity index (χ2v) is 6.17. The lowest BCUT2D eigenvalue weighted by molar-refractivity contribution is -0.123. The summed E-state index contributed by atoms with van der Waals surface area (Å²) in [5.41, 5.74) is 13.2. The van der Waals surface area contributed by atoms with Crippen LogP contribution in [-0.2, 0) is 9.59 Å². The first-order valence-electron chi connectivity index (χ1n) is 7.89. The summed E-state index contributed by atoms with van der Waals surface area (Å²) in [4.78, 5) is 25.7. The number of primary amides is 1. The molecule has 1 aliphatic rings. The van der Waals surface area contributed by atoms with Gasteiger partial charge >= 0.3 is 0 Å². The molecule has 2 rings (SSSR count). The van der Waals surface area contributed by atoms with Gasteiger partial charge in [-0.05, 0) is 43.9 Å². The molecule has 1 aliphatic carbocycles. The number of anilines is 1. The van der Waals surface area contributed by atoms with Crippen LogP contribution in [0.25, 0.3) is 0 Å². The Morgan fingerprint density at radius 1 is 1.32 bits per heavy atom. The summed E-state index contributed by atoms with van der Waals surface area (Å²) in [6, 6.07) is 7.85. The van der Waals surface area contributed by atoms with Crippen molar-refractivity contribution in [1.82, 2.24) is 0 Å². The van der Waals surface area contributed by atoms with Crippen LogP contribution >= 0.6 is 0 Å². The van der Waals surface area contributed by atoms with E-state index in [1.165, 1.54) is 0 Å². The van der Waals surface area contributed by atoms with Crippen LogP contribution in [0, 0.1) is 12.8 Å². The van der Waals surface area contributed by atoms with Gasteiger partial charge in [0.05, 0.1) is 0 Å². The zero-order valence-electron chi connectivity index (χ0n) is 13.1. The molecule has 4 N–H and O–H groups in total. The van der Waals surface area contributed by atoms with E-state index < -0.39 is 5.91 Å². The SMILES string of the molecule is Cc1cccc(N(CCC(N)=O)C(=O)C2CCCC(N)C2)c1. The maximum Gasteiger partial charge on any atom is 0.230 e. The molecule has 22 heavy (non-hydrogen) atoms. The van der Waals surface area contributed by atoms with Crippen LogP contribution in [0.4, 0.5) is 5.69 Å². The van der Waals surface area contributed by atoms with Crippen molar-refractivity contribution in [3.05, 3.63) is 29.8 Å². The van der Waals surface area contributed by atoms with Gasteiger partial charge in [0.15, 0.2) is 0 Å². The first-order chi connectivity index (χ1) is 10.5. The van der Waals surface area contributed by atoms with Gasteiger partial charge in [0.2, 0.25) is 11.8 Å². The highest BCUT2D eigenvalue weighted by molar-refractivity contribution is 5.95. The molecule has 2 unspecified atom stereocenters. The van der Waals surface area contributed by atoms with Gasteiger partial charge in [0, 0.05) is 30.6 Å². The molecule has 0 saturated heterocycles. The number of rotatable bonds is 5. The molecule has 2 atom stereocenters. The summed E-state index contributed by atoms with van der Waals surface area (Å²) in [5, 5.41) is 0. The Balaban J connectivity index is 2.19. The van der Waals surface area contributed by atoms with Gasteiger partial charge in [-0.3, -0.25) is 9.59 Å². The third kappa shape index (κ3) is 4.31. The molecule has 0 aliphatic heterocycles. The molecule has 120 valence electrons. The molecular weight excluding hydrogens is 278 g/mol. The van der Waals surface area contributed by atoms with Crippen molar-refractivity contribution in [1.29, 1.82) is 0 Å². The van der Waals surface area contributed by atoms with E-state index in [1.54, 1.807) is 4.90 Å². The number of carbonyl (C=O) groups excluding carboxylic acids is 2. The average Bonchev–Trinajstić information content (AvgIpc) is 2.47. The lowest BCUT2D eigenvalue weighted by atomic mass is 9.85. The molecule has 5 heteroatoms. The van der Waals surface area contributed by atoms with Crippen molar-refractivity contribution >= 4 is 17.5 Å². The normalized spacial score (nSPS) is 21.4. The number of nitrogens with zero attached hydrogens (tertiary/aromatic N) is 1. The standard InChI is InChI=1S/C17H25N3O2/c1-12-4-2-7-15(10-12)20(9-8-16(19)21)17(22)13-5-3-6-14(18)11-13/h2,4,7,10,13-14H,3,5-6,8-9,11,18H2,1H3,(H2,19,21). The largest absolute Gasteiger partial charge is 0.370 e. The van der Waals surface area contributed by atoms with E-state index in [0.717, 1.165) is 36.9 Å². The van der Waals surface area contributed by atoms with Gasteiger partial charge < -0.3 is 16.4 Å². The van der Waals surface area contributed by atoms with Crippen LogP contribution in [0.5, 0.6) is 0 Å². The highest BCUT2D eigenvalue weighted by Gasteiger charge is 2.29. The van der Waals surface area contributed by atoms with E-state index in [9.17, 15) is 9.59 Å². The Morgan fingerprint density at radius 2 is 2.09 bits per heavy atom. The van der Waals surface area contributed by atoms with Gasteiger partial charge in [0.1, 0.15) is 0 Å². The van der Waals surface area contributed by atoms with Crippen molar-refractivity contribution < 1.29 is 9.59 Å². The second kappa shape index (κ2) is 7.40. The zero-order chi connectivity index (χ0) is 16.1. The maximum atomic E-state index is 12.9. The van der Waals surface area contributed by atoms with Gasteiger partial charge in [-0.15, -0.1) is 0 Å². The maximum absolute atomic E-state index is 12.9. The number of benzene rings is 1. The molecule has 0 aromatic heterocycles. The van der Waals surface area contributed by atoms with E-state index in [4.69, 9.17) is 11.5 Å². The second-order valence-electron chi connectivity index (χ2n) is 6.17. The predicted octanol–water partition coefficient (Wildman–Crippen LogP) is 1.72. The van der Waals surface area contributed by atoms with E-state index >= 15 is 0 Å². The number of aryl methyl sites for hydroxylation is 1. The van der Waals surface area contributed by atoms with Crippen molar-refractivity contribution in [2.24, 2.45) is 17.4 Å². The number of nitrogens with two attached hydrogens (primary N) is 2. The lowest BCUT2D eigenvalue weighted by Gasteiger charge is -2.31. The Hall–Kier alpha value is -1.88. The van der Waals surface area contributed by atoms with Crippen molar-refractivity contribution in [3.8, 4) is 0 Å². The van der Waals surface area contributed by atoms with E-state index in [0.29, 0.717) is 6.54 Å². The van der Waals surface area contributed by atoms with Crippen LogP contribution in [0.2, 0.25) is 0 Å². The fraction of sp³-hybridized carbons (Fsp3) is 0.529. The van der Waals surface area contributed by atoms with Crippen LogP contribution in [0.3, 0.4) is 0 Å². The zero-order valence-corrected chi connectivity index (χ0v) is 13.1. The third-order valence-corrected chi connectivity index (χ3v) is 4.23. The Kier molecular flexibility index (Phi) is 5.55. The first-order valence-corrected chi connectivity index (χ1v) is 7.89. The molecule has 1 aromatic carbocycles. The summed E-state index contributed by atoms with van der Waals surface area (Å²) in [6.07, 6.45) is 3.71. The minimum Gasteiger partial charge on any atom is -0.370 e. The van der Waals surface area contributed by atoms with Crippen LogP contribution in [0.15, 0.2) is 24.3 Å². The molecule has 1 saturated carbocycles. The average molecular weight is 303 g/mol. The van der Waals surface area contributed by atoms with Gasteiger partial charge in [-0.1, -0.05) is 18.6 Å². The highest BCUT2D eigenvalue weighted by atomic mass is 16.2. The van der Waals surface area contributed by atoms with E-state index in [-0.39, 0.29) is 24.3 Å².